The van der Waals surface area contributed by atoms with Crippen molar-refractivity contribution in [3.05, 3.63) is 53.3 Å². The van der Waals surface area contributed by atoms with Crippen LogP contribution in [0.4, 0.5) is 11.4 Å². The van der Waals surface area contributed by atoms with Crippen molar-refractivity contribution in [2.24, 2.45) is 0 Å². The summed E-state index contributed by atoms with van der Waals surface area (Å²) in [6.07, 6.45) is 2.49. The Morgan fingerprint density at radius 2 is 1.83 bits per heavy atom. The molecular formula is C17H17ClN4O2. The van der Waals surface area contributed by atoms with Crippen molar-refractivity contribution in [1.82, 2.24) is 9.88 Å². The molecule has 0 bridgehead atoms. The molecule has 3 rings (SSSR count). The number of hydrogen-bond donors (Lipinski definition) is 1. The van der Waals surface area contributed by atoms with Crippen LogP contribution in [0.25, 0.3) is 0 Å². The summed E-state index contributed by atoms with van der Waals surface area (Å²) in [5.74, 6) is -0.273. The van der Waals surface area contributed by atoms with Crippen molar-refractivity contribution in [3.63, 3.8) is 0 Å². The summed E-state index contributed by atoms with van der Waals surface area (Å²) < 4.78 is 0. The third-order valence-electron chi connectivity index (χ3n) is 3.91. The molecule has 1 aromatic heterocycles. The minimum absolute atomic E-state index is 0.273. The van der Waals surface area contributed by atoms with Crippen molar-refractivity contribution in [2.75, 3.05) is 36.4 Å². The molecule has 2 heterocycles. The van der Waals surface area contributed by atoms with Gasteiger partial charge in [0.05, 0.1) is 0 Å². The Hall–Kier alpha value is -2.60. The maximum atomic E-state index is 12.4. The van der Waals surface area contributed by atoms with E-state index in [1.807, 2.05) is 6.07 Å². The summed E-state index contributed by atoms with van der Waals surface area (Å²) in [4.78, 5) is 31.2. The van der Waals surface area contributed by atoms with Crippen molar-refractivity contribution < 1.29 is 9.59 Å². The predicted molar refractivity (Wildman–Crippen MR) is 93.5 cm³/mol. The van der Waals surface area contributed by atoms with Crippen LogP contribution in [0, 0.1) is 0 Å². The first kappa shape index (κ1) is 16.3. The van der Waals surface area contributed by atoms with Gasteiger partial charge < -0.3 is 15.1 Å². The number of nitrogens with zero attached hydrogens (tertiary/aromatic N) is 3. The quantitative estimate of drug-likeness (QED) is 0.864. The molecule has 0 aliphatic carbocycles. The van der Waals surface area contributed by atoms with E-state index in [-0.39, 0.29) is 5.91 Å². The number of amides is 2. The van der Waals surface area contributed by atoms with Crippen molar-refractivity contribution >= 4 is 35.3 Å². The molecule has 124 valence electrons. The second-order valence-electron chi connectivity index (χ2n) is 5.49. The van der Waals surface area contributed by atoms with Crippen LogP contribution in [0.1, 0.15) is 10.5 Å². The largest absolute Gasteiger partial charge is 0.368 e. The molecular weight excluding hydrogens is 328 g/mol. The Morgan fingerprint density at radius 3 is 2.50 bits per heavy atom. The van der Waals surface area contributed by atoms with Crippen LogP contribution in [0.2, 0.25) is 5.02 Å². The van der Waals surface area contributed by atoms with Crippen LogP contribution in [0.5, 0.6) is 0 Å². The molecule has 1 N–H and O–H groups in total. The van der Waals surface area contributed by atoms with Crippen molar-refractivity contribution in [2.45, 2.75) is 0 Å². The SMILES string of the molecule is O=CN1CCN(c2ccnc(C(=O)Nc3ccc(Cl)cc3)c2)CC1. The lowest BCUT2D eigenvalue weighted by Gasteiger charge is -2.34. The van der Waals surface area contributed by atoms with E-state index in [1.165, 1.54) is 0 Å². The Bertz CT molecular complexity index is 728. The zero-order valence-corrected chi connectivity index (χ0v) is 13.7. The predicted octanol–water partition coefficient (Wildman–Crippen LogP) is 2.27. The van der Waals surface area contributed by atoms with Gasteiger partial charge in [-0.05, 0) is 36.4 Å². The maximum Gasteiger partial charge on any atom is 0.274 e. The van der Waals surface area contributed by atoms with Gasteiger partial charge >= 0.3 is 0 Å². The third-order valence-corrected chi connectivity index (χ3v) is 4.16. The van der Waals surface area contributed by atoms with E-state index >= 15 is 0 Å². The van der Waals surface area contributed by atoms with Crippen LogP contribution in [0.15, 0.2) is 42.6 Å². The topological polar surface area (TPSA) is 65.5 Å². The number of hydrogen-bond acceptors (Lipinski definition) is 4. The van der Waals surface area contributed by atoms with Gasteiger partial charge in [0.1, 0.15) is 5.69 Å². The van der Waals surface area contributed by atoms with Gasteiger partial charge in [0.15, 0.2) is 0 Å². The minimum Gasteiger partial charge on any atom is -0.368 e. The highest BCUT2D eigenvalue weighted by atomic mass is 35.5. The van der Waals surface area contributed by atoms with Crippen LogP contribution in [0.3, 0.4) is 0 Å². The fourth-order valence-corrected chi connectivity index (χ4v) is 2.68. The molecule has 1 saturated heterocycles. The summed E-state index contributed by atoms with van der Waals surface area (Å²) in [6, 6.07) is 10.5. The second kappa shape index (κ2) is 7.31. The number of carbonyl (C=O) groups excluding carboxylic acids is 2. The Morgan fingerprint density at radius 1 is 1.12 bits per heavy atom. The number of aromatic nitrogens is 1. The average Bonchev–Trinajstić information content (AvgIpc) is 2.64. The summed E-state index contributed by atoms with van der Waals surface area (Å²) in [5.41, 5.74) is 1.94. The molecule has 2 amide bonds. The molecule has 2 aromatic rings. The summed E-state index contributed by atoms with van der Waals surface area (Å²) >= 11 is 5.84. The van der Waals surface area contributed by atoms with E-state index in [4.69, 9.17) is 11.6 Å². The first-order valence-electron chi connectivity index (χ1n) is 7.63. The lowest BCUT2D eigenvalue weighted by atomic mass is 10.2. The number of rotatable bonds is 4. The van der Waals surface area contributed by atoms with Gasteiger partial charge in [0, 0.05) is 48.8 Å². The molecule has 24 heavy (non-hydrogen) atoms. The highest BCUT2D eigenvalue weighted by Crippen LogP contribution is 2.18. The standard InChI is InChI=1S/C17H17ClN4O2/c18-13-1-3-14(4-2-13)20-17(24)16-11-15(5-6-19-16)22-9-7-21(12-23)8-10-22/h1-6,11-12H,7-10H2,(H,20,24). The smallest absolute Gasteiger partial charge is 0.274 e. The number of nitrogens with one attached hydrogen (secondary N) is 1. The molecule has 0 atom stereocenters. The van der Waals surface area contributed by atoms with Gasteiger partial charge in [-0.3, -0.25) is 14.6 Å². The number of anilines is 2. The summed E-state index contributed by atoms with van der Waals surface area (Å²) in [6.45, 7) is 2.83. The Balaban J connectivity index is 1.69. The first-order valence-corrected chi connectivity index (χ1v) is 8.01. The lowest BCUT2D eigenvalue weighted by Crippen LogP contribution is -2.45. The van der Waals surface area contributed by atoms with Gasteiger partial charge in [0.2, 0.25) is 6.41 Å². The first-order chi connectivity index (χ1) is 11.7. The molecule has 0 radical (unpaired) electrons. The average molecular weight is 345 g/mol. The number of benzene rings is 1. The lowest BCUT2D eigenvalue weighted by molar-refractivity contribution is -0.118. The van der Waals surface area contributed by atoms with E-state index in [1.54, 1.807) is 41.4 Å². The molecule has 0 spiro atoms. The number of piperazine rings is 1. The highest BCUT2D eigenvalue weighted by Gasteiger charge is 2.17. The van der Waals surface area contributed by atoms with E-state index in [0.29, 0.717) is 29.5 Å². The number of halogens is 1. The second-order valence-corrected chi connectivity index (χ2v) is 5.93. The number of pyridine rings is 1. The minimum atomic E-state index is -0.273. The fourth-order valence-electron chi connectivity index (χ4n) is 2.55. The zero-order valence-electron chi connectivity index (χ0n) is 13.0. The van der Waals surface area contributed by atoms with Gasteiger partial charge in [-0.25, -0.2) is 0 Å². The van der Waals surface area contributed by atoms with E-state index < -0.39 is 0 Å². The zero-order chi connectivity index (χ0) is 16.9. The van der Waals surface area contributed by atoms with Crippen LogP contribution < -0.4 is 10.2 Å². The number of carbonyl (C=O) groups is 2. The van der Waals surface area contributed by atoms with Crippen LogP contribution in [-0.4, -0.2) is 48.4 Å². The van der Waals surface area contributed by atoms with Gasteiger partial charge in [-0.2, -0.15) is 0 Å². The normalized spacial score (nSPS) is 14.4. The van der Waals surface area contributed by atoms with E-state index in [9.17, 15) is 9.59 Å². The Labute approximate surface area is 145 Å². The molecule has 6 nitrogen and oxygen atoms in total. The molecule has 1 aromatic carbocycles. The van der Waals surface area contributed by atoms with E-state index in [2.05, 4.69) is 15.2 Å². The van der Waals surface area contributed by atoms with Crippen LogP contribution in [-0.2, 0) is 4.79 Å². The van der Waals surface area contributed by atoms with E-state index in [0.717, 1.165) is 25.2 Å². The molecule has 0 unspecified atom stereocenters. The molecule has 1 aliphatic rings. The van der Waals surface area contributed by atoms with Gasteiger partial charge in [-0.15, -0.1) is 0 Å². The van der Waals surface area contributed by atoms with Crippen molar-refractivity contribution in [3.8, 4) is 0 Å². The molecule has 7 heteroatoms. The van der Waals surface area contributed by atoms with Crippen molar-refractivity contribution in [1.29, 1.82) is 0 Å². The summed E-state index contributed by atoms with van der Waals surface area (Å²) in [5, 5.41) is 3.41. The highest BCUT2D eigenvalue weighted by molar-refractivity contribution is 6.30. The van der Waals surface area contributed by atoms with Gasteiger partial charge in [0.25, 0.3) is 5.91 Å². The summed E-state index contributed by atoms with van der Waals surface area (Å²) in [7, 11) is 0. The Kier molecular flexibility index (Phi) is 4.96. The molecule has 1 aliphatic heterocycles. The third kappa shape index (κ3) is 3.83. The fraction of sp³-hybridized carbons (Fsp3) is 0.235. The molecule has 1 fully saturated rings. The monoisotopic (exact) mass is 344 g/mol. The van der Waals surface area contributed by atoms with Gasteiger partial charge in [-0.1, -0.05) is 11.6 Å². The van der Waals surface area contributed by atoms with Crippen LogP contribution >= 0.6 is 11.6 Å². The molecule has 0 saturated carbocycles. The maximum absolute atomic E-state index is 12.4.